The summed E-state index contributed by atoms with van der Waals surface area (Å²) in [4.78, 5) is -0.126. The lowest BCUT2D eigenvalue weighted by Gasteiger charge is -2.13. The number of rotatable bonds is 3. The number of hydrogen-bond acceptors (Lipinski definition) is 4. The van der Waals surface area contributed by atoms with Crippen molar-refractivity contribution in [3.8, 4) is 11.5 Å². The predicted octanol–water partition coefficient (Wildman–Crippen LogP) is 2.33. The molecule has 0 saturated heterocycles. The van der Waals surface area contributed by atoms with E-state index in [2.05, 4.69) is 0 Å². The summed E-state index contributed by atoms with van der Waals surface area (Å²) in [6, 6.07) is 10.0. The highest BCUT2D eigenvalue weighted by molar-refractivity contribution is 7.89. The Bertz CT molecular complexity index is 755. The van der Waals surface area contributed by atoms with Crippen molar-refractivity contribution in [2.45, 2.75) is 18.7 Å². The lowest BCUT2D eigenvalue weighted by molar-refractivity contribution is 0.464. The van der Waals surface area contributed by atoms with Crippen LogP contribution in [0, 0.1) is 13.8 Å². The van der Waals surface area contributed by atoms with Crippen LogP contribution in [-0.2, 0) is 10.0 Å². The van der Waals surface area contributed by atoms with E-state index in [1.165, 1.54) is 12.1 Å². The zero-order valence-corrected chi connectivity index (χ0v) is 12.1. The topological polar surface area (TPSA) is 95.4 Å². The van der Waals surface area contributed by atoms with Crippen LogP contribution < -0.4 is 15.6 Å². The van der Waals surface area contributed by atoms with E-state index in [0.717, 1.165) is 11.1 Å². The van der Waals surface area contributed by atoms with Crippen LogP contribution in [0.15, 0.2) is 41.3 Å². The van der Waals surface area contributed by atoms with Gasteiger partial charge in [0, 0.05) is 5.69 Å². The van der Waals surface area contributed by atoms with Gasteiger partial charge in [0.1, 0.15) is 16.4 Å². The molecule has 5 nitrogen and oxygen atoms in total. The fourth-order valence-corrected chi connectivity index (χ4v) is 2.46. The second-order valence-electron chi connectivity index (χ2n) is 4.62. The number of primary sulfonamides is 1. The molecule has 0 aliphatic rings. The molecule has 0 atom stereocenters. The van der Waals surface area contributed by atoms with E-state index >= 15 is 0 Å². The molecule has 0 heterocycles. The number of ether oxygens (including phenoxy) is 1. The van der Waals surface area contributed by atoms with Gasteiger partial charge in [-0.3, -0.25) is 0 Å². The first-order chi connectivity index (χ1) is 9.27. The van der Waals surface area contributed by atoms with Crippen molar-refractivity contribution in [3.05, 3.63) is 47.5 Å². The van der Waals surface area contributed by atoms with Gasteiger partial charge in [0.2, 0.25) is 10.0 Å². The van der Waals surface area contributed by atoms with Gasteiger partial charge in [-0.2, -0.15) is 0 Å². The van der Waals surface area contributed by atoms with Crippen molar-refractivity contribution >= 4 is 15.7 Å². The fraction of sp³-hybridized carbons (Fsp3) is 0.143. The highest BCUT2D eigenvalue weighted by Gasteiger charge is 2.17. The molecule has 0 saturated carbocycles. The second-order valence-corrected chi connectivity index (χ2v) is 6.15. The molecule has 0 aliphatic carbocycles. The smallest absolute Gasteiger partial charge is 0.241 e. The molecule has 6 heteroatoms. The van der Waals surface area contributed by atoms with Crippen LogP contribution >= 0.6 is 0 Å². The van der Waals surface area contributed by atoms with E-state index in [4.69, 9.17) is 15.6 Å². The van der Waals surface area contributed by atoms with Crippen LogP contribution in [0.5, 0.6) is 11.5 Å². The molecular weight excluding hydrogens is 276 g/mol. The lowest BCUT2D eigenvalue weighted by atomic mass is 10.1. The minimum Gasteiger partial charge on any atom is -0.456 e. The van der Waals surface area contributed by atoms with Crippen LogP contribution in [0.2, 0.25) is 0 Å². The summed E-state index contributed by atoms with van der Waals surface area (Å²) in [6.45, 7) is 3.80. The Labute approximate surface area is 118 Å². The number of nitrogens with two attached hydrogens (primary N) is 2. The maximum atomic E-state index is 11.6. The number of anilines is 1. The first-order valence-electron chi connectivity index (χ1n) is 5.95. The van der Waals surface area contributed by atoms with Gasteiger partial charge in [-0.15, -0.1) is 0 Å². The van der Waals surface area contributed by atoms with Crippen molar-refractivity contribution in [1.29, 1.82) is 0 Å². The first-order valence-corrected chi connectivity index (χ1v) is 7.49. The van der Waals surface area contributed by atoms with Gasteiger partial charge in [0.05, 0.1) is 0 Å². The number of benzene rings is 2. The Hall–Kier alpha value is -2.05. The monoisotopic (exact) mass is 292 g/mol. The summed E-state index contributed by atoms with van der Waals surface area (Å²) < 4.78 is 28.9. The summed E-state index contributed by atoms with van der Waals surface area (Å²) in [6.07, 6.45) is 0. The molecule has 2 rings (SSSR count). The van der Waals surface area contributed by atoms with E-state index in [9.17, 15) is 8.42 Å². The molecule has 0 spiro atoms. The largest absolute Gasteiger partial charge is 0.456 e. The molecule has 106 valence electrons. The maximum Gasteiger partial charge on any atom is 0.241 e. The Morgan fingerprint density at radius 3 is 2.35 bits per heavy atom. The minimum absolute atomic E-state index is 0.126. The van der Waals surface area contributed by atoms with Crippen LogP contribution in [-0.4, -0.2) is 8.42 Å². The molecule has 2 aromatic carbocycles. The zero-order valence-electron chi connectivity index (χ0n) is 11.3. The van der Waals surface area contributed by atoms with Crippen molar-refractivity contribution in [2.75, 3.05) is 5.73 Å². The average molecular weight is 292 g/mol. The van der Waals surface area contributed by atoms with Gasteiger partial charge in [-0.25, -0.2) is 13.6 Å². The minimum atomic E-state index is -3.90. The third-order valence-electron chi connectivity index (χ3n) is 2.84. The number of nitrogen functional groups attached to an aromatic ring is 1. The molecule has 2 aromatic rings. The second kappa shape index (κ2) is 5.15. The van der Waals surface area contributed by atoms with E-state index in [-0.39, 0.29) is 10.6 Å². The molecule has 20 heavy (non-hydrogen) atoms. The predicted molar refractivity (Wildman–Crippen MR) is 78.2 cm³/mol. The third kappa shape index (κ3) is 3.09. The van der Waals surface area contributed by atoms with Crippen LogP contribution in [0.1, 0.15) is 11.1 Å². The molecule has 0 radical (unpaired) electrons. The van der Waals surface area contributed by atoms with Crippen LogP contribution in [0.3, 0.4) is 0 Å². The standard InChI is InChI=1S/C14H16N2O3S/c1-9-3-4-10(2)13(7-9)19-12-6-5-11(15)8-14(12)20(16,17)18/h3-8H,15H2,1-2H3,(H2,16,17,18). The molecule has 0 unspecified atom stereocenters. The molecule has 0 fully saturated rings. The first kappa shape index (κ1) is 14.4. The number of hydrogen-bond donors (Lipinski definition) is 2. The summed E-state index contributed by atoms with van der Waals surface area (Å²) in [7, 11) is -3.90. The summed E-state index contributed by atoms with van der Waals surface area (Å²) in [5.41, 5.74) is 7.81. The van der Waals surface area contributed by atoms with E-state index in [0.29, 0.717) is 11.4 Å². The van der Waals surface area contributed by atoms with Gasteiger partial charge in [-0.05, 0) is 49.2 Å². The van der Waals surface area contributed by atoms with Crippen molar-refractivity contribution in [3.63, 3.8) is 0 Å². The summed E-state index contributed by atoms with van der Waals surface area (Å²) in [5.74, 6) is 0.745. The SMILES string of the molecule is Cc1ccc(C)c(Oc2ccc(N)cc2S(N)(=O)=O)c1. The summed E-state index contributed by atoms with van der Waals surface area (Å²) >= 11 is 0. The Morgan fingerprint density at radius 1 is 1.00 bits per heavy atom. The van der Waals surface area contributed by atoms with Crippen molar-refractivity contribution in [2.24, 2.45) is 5.14 Å². The van der Waals surface area contributed by atoms with Gasteiger partial charge >= 0.3 is 0 Å². The number of aryl methyl sites for hydroxylation is 2. The van der Waals surface area contributed by atoms with Crippen molar-refractivity contribution < 1.29 is 13.2 Å². The quantitative estimate of drug-likeness (QED) is 0.849. The van der Waals surface area contributed by atoms with E-state index < -0.39 is 10.0 Å². The Balaban J connectivity index is 2.52. The van der Waals surface area contributed by atoms with Gasteiger partial charge in [0.25, 0.3) is 0 Å². The maximum absolute atomic E-state index is 11.6. The molecule has 4 N–H and O–H groups in total. The highest BCUT2D eigenvalue weighted by Crippen LogP contribution is 2.31. The Morgan fingerprint density at radius 2 is 1.70 bits per heavy atom. The molecule has 0 aliphatic heterocycles. The third-order valence-corrected chi connectivity index (χ3v) is 3.77. The number of sulfonamides is 1. The fourth-order valence-electron chi connectivity index (χ4n) is 1.77. The van der Waals surface area contributed by atoms with E-state index in [1.807, 2.05) is 32.0 Å². The van der Waals surface area contributed by atoms with Crippen molar-refractivity contribution in [1.82, 2.24) is 0 Å². The molecule has 0 aromatic heterocycles. The zero-order chi connectivity index (χ0) is 14.9. The van der Waals surface area contributed by atoms with Gasteiger partial charge < -0.3 is 10.5 Å². The summed E-state index contributed by atoms with van der Waals surface area (Å²) in [5, 5.41) is 5.18. The highest BCUT2D eigenvalue weighted by atomic mass is 32.2. The normalized spacial score (nSPS) is 11.3. The van der Waals surface area contributed by atoms with Crippen LogP contribution in [0.25, 0.3) is 0 Å². The Kier molecular flexibility index (Phi) is 3.69. The molecule has 0 bridgehead atoms. The molecule has 0 amide bonds. The molecular formula is C14H16N2O3S. The average Bonchev–Trinajstić information content (AvgIpc) is 2.34. The van der Waals surface area contributed by atoms with Gasteiger partial charge in [-0.1, -0.05) is 12.1 Å². The lowest BCUT2D eigenvalue weighted by Crippen LogP contribution is -2.13. The van der Waals surface area contributed by atoms with Crippen LogP contribution in [0.4, 0.5) is 5.69 Å². The van der Waals surface area contributed by atoms with Gasteiger partial charge in [0.15, 0.2) is 0 Å². The van der Waals surface area contributed by atoms with E-state index in [1.54, 1.807) is 6.07 Å².